The average Bonchev–Trinajstić information content (AvgIpc) is 2.28. The minimum absolute atomic E-state index is 0.143. The van der Waals surface area contributed by atoms with Crippen LogP contribution in [0.4, 0.5) is 5.69 Å². The monoisotopic (exact) mass is 238 g/mol. The van der Waals surface area contributed by atoms with E-state index in [0.717, 1.165) is 11.8 Å². The highest BCUT2D eigenvalue weighted by Crippen LogP contribution is 2.40. The summed E-state index contributed by atoms with van der Waals surface area (Å²) in [5.74, 6) is 0.787. The van der Waals surface area contributed by atoms with Crippen LogP contribution in [0.2, 0.25) is 0 Å². The molecule has 1 aliphatic heterocycles. The van der Waals surface area contributed by atoms with Crippen molar-refractivity contribution in [3.05, 3.63) is 22.2 Å². The molecule has 0 fully saturated rings. The van der Waals surface area contributed by atoms with Gasteiger partial charge in [0.25, 0.3) is 5.69 Å². The van der Waals surface area contributed by atoms with Gasteiger partial charge in [-0.2, -0.15) is 5.26 Å². The van der Waals surface area contributed by atoms with Crippen LogP contribution in [0, 0.1) is 20.8 Å². The normalized spacial score (nSPS) is 12.9. The summed E-state index contributed by atoms with van der Waals surface area (Å²) in [6.07, 6.45) is 0. The summed E-state index contributed by atoms with van der Waals surface area (Å²) in [5.41, 5.74) is -0.143. The number of nitriles is 1. The zero-order valence-electron chi connectivity index (χ0n) is 8.00. The second kappa shape index (κ2) is 4.28. The maximum Gasteiger partial charge on any atom is 0.287 e. The highest BCUT2D eigenvalue weighted by Gasteiger charge is 2.22. The van der Waals surface area contributed by atoms with Crippen molar-refractivity contribution in [1.82, 2.24) is 0 Å². The molecule has 0 aliphatic carbocycles. The number of nitrogens with zero attached hydrogens (tertiary/aromatic N) is 2. The molecule has 0 N–H and O–H groups in total. The second-order valence-corrected chi connectivity index (χ2v) is 3.74. The lowest BCUT2D eigenvalue weighted by molar-refractivity contribution is -0.387. The van der Waals surface area contributed by atoms with Gasteiger partial charge in [0, 0.05) is 6.07 Å². The number of nitro benzene ring substituents is 1. The predicted octanol–water partition coefficient (Wildman–Crippen LogP) is 1.94. The molecule has 0 spiro atoms. The molecular weight excluding hydrogens is 232 g/mol. The summed E-state index contributed by atoms with van der Waals surface area (Å²) in [5, 5.41) is 21.1. The van der Waals surface area contributed by atoms with Gasteiger partial charge in [0.05, 0.1) is 11.0 Å². The van der Waals surface area contributed by atoms with Gasteiger partial charge in [-0.25, -0.2) is 0 Å². The summed E-state index contributed by atoms with van der Waals surface area (Å²) in [4.78, 5) is 10.5. The molecule has 0 radical (unpaired) electrons. The highest BCUT2D eigenvalue weighted by atomic mass is 32.2. The van der Waals surface area contributed by atoms with Crippen molar-refractivity contribution in [1.29, 1.82) is 5.26 Å². The summed E-state index contributed by atoms with van der Waals surface area (Å²) in [6.45, 7) is 0.774. The molecule has 0 amide bonds. The molecule has 1 aromatic carbocycles. The Hall–Kier alpha value is -1.94. The van der Waals surface area contributed by atoms with Crippen molar-refractivity contribution in [2.45, 2.75) is 4.90 Å². The third-order valence-corrected chi connectivity index (χ3v) is 2.61. The molecule has 1 aliphatic rings. The Morgan fingerprint density at radius 1 is 1.38 bits per heavy atom. The third kappa shape index (κ3) is 1.87. The number of rotatable bonds is 2. The fourth-order valence-corrected chi connectivity index (χ4v) is 1.84. The van der Waals surface area contributed by atoms with Crippen LogP contribution in [0.5, 0.6) is 11.5 Å². The van der Waals surface area contributed by atoms with Crippen LogP contribution >= 0.6 is 11.8 Å². The standard InChI is InChI=1S/C9H6N2O4S/c10-5-16-9-4-8-7(14-1-2-15-8)3-6(9)11(12)13/h3-4H,1-2H2. The maximum absolute atomic E-state index is 10.8. The Morgan fingerprint density at radius 3 is 2.56 bits per heavy atom. The lowest BCUT2D eigenvalue weighted by atomic mass is 10.2. The SMILES string of the molecule is N#CSc1cc2c(cc1[N+](=O)[O-])OCCO2. The number of benzene rings is 1. The van der Waals surface area contributed by atoms with E-state index in [4.69, 9.17) is 14.7 Å². The van der Waals surface area contributed by atoms with E-state index >= 15 is 0 Å². The van der Waals surface area contributed by atoms with Crippen LogP contribution in [-0.4, -0.2) is 18.1 Å². The van der Waals surface area contributed by atoms with Crippen LogP contribution in [0.3, 0.4) is 0 Å². The molecule has 0 unspecified atom stereocenters. The van der Waals surface area contributed by atoms with Crippen molar-refractivity contribution >= 4 is 17.4 Å². The molecular formula is C9H6N2O4S. The van der Waals surface area contributed by atoms with Gasteiger partial charge in [-0.15, -0.1) is 0 Å². The zero-order chi connectivity index (χ0) is 11.5. The molecule has 0 saturated carbocycles. The average molecular weight is 238 g/mol. The quantitative estimate of drug-likeness (QED) is 0.338. The van der Waals surface area contributed by atoms with Crippen molar-refractivity contribution in [2.75, 3.05) is 13.2 Å². The van der Waals surface area contributed by atoms with E-state index < -0.39 is 4.92 Å². The van der Waals surface area contributed by atoms with E-state index in [9.17, 15) is 10.1 Å². The van der Waals surface area contributed by atoms with Crippen LogP contribution in [-0.2, 0) is 0 Å². The van der Waals surface area contributed by atoms with Crippen molar-refractivity contribution < 1.29 is 14.4 Å². The Labute approximate surface area is 94.9 Å². The van der Waals surface area contributed by atoms with E-state index in [2.05, 4.69) is 0 Å². The molecule has 0 saturated heterocycles. The van der Waals surface area contributed by atoms with E-state index in [0.29, 0.717) is 24.7 Å². The van der Waals surface area contributed by atoms with E-state index in [1.807, 2.05) is 0 Å². The second-order valence-electron chi connectivity index (χ2n) is 2.91. The summed E-state index contributed by atoms with van der Waals surface area (Å²) < 4.78 is 10.5. The Morgan fingerprint density at radius 2 is 2.00 bits per heavy atom. The highest BCUT2D eigenvalue weighted by molar-refractivity contribution is 8.03. The predicted molar refractivity (Wildman–Crippen MR) is 55.6 cm³/mol. The number of hydrogen-bond donors (Lipinski definition) is 0. The lowest BCUT2D eigenvalue weighted by Crippen LogP contribution is -2.15. The maximum atomic E-state index is 10.8. The van der Waals surface area contributed by atoms with Crippen LogP contribution in [0.25, 0.3) is 0 Å². The minimum atomic E-state index is -0.544. The molecule has 82 valence electrons. The Kier molecular flexibility index (Phi) is 2.83. The van der Waals surface area contributed by atoms with Crippen LogP contribution < -0.4 is 9.47 Å². The summed E-state index contributed by atoms with van der Waals surface area (Å²) in [6, 6.07) is 2.74. The number of hydrogen-bond acceptors (Lipinski definition) is 6. The first-order valence-corrected chi connectivity index (χ1v) is 5.18. The fraction of sp³-hybridized carbons (Fsp3) is 0.222. The Bertz CT molecular complexity index is 483. The molecule has 16 heavy (non-hydrogen) atoms. The number of thiocyanates is 1. The first-order chi connectivity index (χ1) is 7.72. The van der Waals surface area contributed by atoms with Gasteiger partial charge in [-0.1, -0.05) is 0 Å². The molecule has 1 heterocycles. The zero-order valence-corrected chi connectivity index (χ0v) is 8.82. The van der Waals surface area contributed by atoms with Gasteiger partial charge in [-0.3, -0.25) is 10.1 Å². The minimum Gasteiger partial charge on any atom is -0.486 e. The van der Waals surface area contributed by atoms with Gasteiger partial charge in [0.15, 0.2) is 11.5 Å². The molecule has 1 aromatic rings. The molecule has 0 atom stereocenters. The number of fused-ring (bicyclic) bond motifs is 1. The fourth-order valence-electron chi connectivity index (χ4n) is 1.33. The number of thioether (sulfide) groups is 1. The van der Waals surface area contributed by atoms with E-state index in [1.165, 1.54) is 12.1 Å². The molecule has 6 nitrogen and oxygen atoms in total. The van der Waals surface area contributed by atoms with Gasteiger partial charge < -0.3 is 9.47 Å². The van der Waals surface area contributed by atoms with Crippen LogP contribution in [0.1, 0.15) is 0 Å². The van der Waals surface area contributed by atoms with Crippen molar-refractivity contribution in [3.8, 4) is 16.9 Å². The molecule has 7 heteroatoms. The first kappa shape index (κ1) is 10.6. The topological polar surface area (TPSA) is 85.4 Å². The van der Waals surface area contributed by atoms with Gasteiger partial charge in [-0.05, 0) is 11.8 Å². The number of nitro groups is 1. The number of ether oxygens (including phenoxy) is 2. The molecule has 0 bridgehead atoms. The van der Waals surface area contributed by atoms with E-state index in [1.54, 1.807) is 5.40 Å². The van der Waals surface area contributed by atoms with Gasteiger partial charge in [0.1, 0.15) is 23.5 Å². The largest absolute Gasteiger partial charge is 0.486 e. The van der Waals surface area contributed by atoms with Crippen LogP contribution in [0.15, 0.2) is 17.0 Å². The van der Waals surface area contributed by atoms with Gasteiger partial charge in [0.2, 0.25) is 0 Å². The van der Waals surface area contributed by atoms with E-state index in [-0.39, 0.29) is 10.6 Å². The molecule has 2 rings (SSSR count). The molecule has 0 aromatic heterocycles. The summed E-state index contributed by atoms with van der Waals surface area (Å²) >= 11 is 0.731. The Balaban J connectivity index is 2.51. The van der Waals surface area contributed by atoms with Crippen molar-refractivity contribution in [2.24, 2.45) is 0 Å². The summed E-state index contributed by atoms with van der Waals surface area (Å²) in [7, 11) is 0. The smallest absolute Gasteiger partial charge is 0.287 e. The van der Waals surface area contributed by atoms with Gasteiger partial charge >= 0.3 is 0 Å². The van der Waals surface area contributed by atoms with Crippen molar-refractivity contribution in [3.63, 3.8) is 0 Å². The first-order valence-electron chi connectivity index (χ1n) is 4.36. The third-order valence-electron chi connectivity index (χ3n) is 1.98. The lowest BCUT2D eigenvalue weighted by Gasteiger charge is -2.18.